The number of ether oxygens (including phenoxy) is 2. The summed E-state index contributed by atoms with van der Waals surface area (Å²) in [6, 6.07) is 10.6. The van der Waals surface area contributed by atoms with E-state index in [1.807, 2.05) is 25.1 Å². The number of hydrogen-bond donors (Lipinski definition) is 0. The van der Waals surface area contributed by atoms with E-state index in [0.717, 1.165) is 17.5 Å². The molecule has 6 nitrogen and oxygen atoms in total. The number of esters is 1. The molecule has 0 atom stereocenters. The van der Waals surface area contributed by atoms with E-state index in [1.165, 1.54) is 11.3 Å². The molecule has 2 heterocycles. The van der Waals surface area contributed by atoms with Crippen LogP contribution in [0.4, 0.5) is 0 Å². The number of rotatable bonds is 7. The summed E-state index contributed by atoms with van der Waals surface area (Å²) in [4.78, 5) is 32.3. The van der Waals surface area contributed by atoms with Crippen LogP contribution in [-0.2, 0) is 9.53 Å². The summed E-state index contributed by atoms with van der Waals surface area (Å²) in [5, 5.41) is 1.02. The summed E-state index contributed by atoms with van der Waals surface area (Å²) in [5.41, 5.74) is 0.307. The summed E-state index contributed by atoms with van der Waals surface area (Å²) >= 11 is 1.38. The molecule has 134 valence electrons. The van der Waals surface area contributed by atoms with Crippen molar-refractivity contribution in [2.45, 2.75) is 19.8 Å². The Morgan fingerprint density at radius 2 is 2.12 bits per heavy atom. The van der Waals surface area contributed by atoms with Gasteiger partial charge in [0.1, 0.15) is 10.8 Å². The third-order valence-corrected chi connectivity index (χ3v) is 4.66. The minimum atomic E-state index is -0.424. The van der Waals surface area contributed by atoms with Crippen molar-refractivity contribution in [2.24, 2.45) is 0 Å². The van der Waals surface area contributed by atoms with Gasteiger partial charge in [-0.25, -0.2) is 4.79 Å². The summed E-state index contributed by atoms with van der Waals surface area (Å²) in [7, 11) is 0. The second-order valence-electron chi connectivity index (χ2n) is 5.56. The fourth-order valence-electron chi connectivity index (χ4n) is 2.25. The van der Waals surface area contributed by atoms with Gasteiger partial charge < -0.3 is 9.47 Å². The zero-order chi connectivity index (χ0) is 18.4. The standard InChI is InChI=1S/C19H18N2O4S/c1-2-3-10-24-17(22)12-25-13-7-8-16-14(11-13)18(23)21-19(26-16)15-6-4-5-9-20-15/h4-9,11H,2-3,10,12H2,1H3. The zero-order valence-electron chi connectivity index (χ0n) is 14.3. The van der Waals surface area contributed by atoms with Crippen LogP contribution in [0.25, 0.3) is 20.8 Å². The number of nitrogens with zero attached hydrogens (tertiary/aromatic N) is 2. The Morgan fingerprint density at radius 1 is 1.23 bits per heavy atom. The van der Waals surface area contributed by atoms with E-state index in [4.69, 9.17) is 9.47 Å². The maximum Gasteiger partial charge on any atom is 0.344 e. The molecule has 7 heteroatoms. The highest BCUT2D eigenvalue weighted by Crippen LogP contribution is 2.26. The third-order valence-electron chi connectivity index (χ3n) is 3.59. The van der Waals surface area contributed by atoms with Gasteiger partial charge in [0.15, 0.2) is 6.61 Å². The Morgan fingerprint density at radius 3 is 2.88 bits per heavy atom. The number of carbonyl (C=O) groups is 1. The van der Waals surface area contributed by atoms with E-state index in [9.17, 15) is 9.59 Å². The van der Waals surface area contributed by atoms with Crippen molar-refractivity contribution in [3.05, 3.63) is 52.9 Å². The van der Waals surface area contributed by atoms with Crippen LogP contribution in [0.3, 0.4) is 0 Å². The lowest BCUT2D eigenvalue weighted by Crippen LogP contribution is -2.15. The molecule has 0 radical (unpaired) electrons. The van der Waals surface area contributed by atoms with Gasteiger partial charge in [-0.15, -0.1) is 11.3 Å². The average Bonchev–Trinajstić information content (AvgIpc) is 2.67. The molecule has 0 spiro atoms. The van der Waals surface area contributed by atoms with Crippen LogP contribution in [-0.4, -0.2) is 29.2 Å². The first kappa shape index (κ1) is 18.0. The van der Waals surface area contributed by atoms with Gasteiger partial charge in [-0.3, -0.25) is 9.78 Å². The minimum absolute atomic E-state index is 0.188. The van der Waals surface area contributed by atoms with Crippen LogP contribution in [0.1, 0.15) is 19.8 Å². The van der Waals surface area contributed by atoms with Crippen LogP contribution in [0.2, 0.25) is 0 Å². The van der Waals surface area contributed by atoms with Gasteiger partial charge in [0, 0.05) is 10.9 Å². The van der Waals surface area contributed by atoms with Crippen molar-refractivity contribution in [3.63, 3.8) is 0 Å². The predicted molar refractivity (Wildman–Crippen MR) is 100 cm³/mol. The molecule has 3 rings (SSSR count). The van der Waals surface area contributed by atoms with Crippen LogP contribution in [0, 0.1) is 0 Å². The predicted octanol–water partition coefficient (Wildman–Crippen LogP) is 3.44. The lowest BCUT2D eigenvalue weighted by Gasteiger charge is -2.07. The van der Waals surface area contributed by atoms with Crippen LogP contribution in [0.5, 0.6) is 5.75 Å². The number of pyridine rings is 1. The molecular weight excluding hydrogens is 352 g/mol. The quantitative estimate of drug-likeness (QED) is 0.468. The molecule has 2 aromatic heterocycles. The molecule has 0 saturated heterocycles. The molecular formula is C19H18N2O4S. The van der Waals surface area contributed by atoms with E-state index in [-0.39, 0.29) is 12.2 Å². The fraction of sp³-hybridized carbons (Fsp3) is 0.263. The largest absolute Gasteiger partial charge is 0.482 e. The van der Waals surface area contributed by atoms with Gasteiger partial charge in [-0.1, -0.05) is 19.4 Å². The Kier molecular flexibility index (Phi) is 5.91. The first-order valence-corrected chi connectivity index (χ1v) is 9.13. The fourth-order valence-corrected chi connectivity index (χ4v) is 3.20. The summed E-state index contributed by atoms with van der Waals surface area (Å²) in [5.74, 6) is 0.00830. The third kappa shape index (κ3) is 4.43. The van der Waals surface area contributed by atoms with Crippen molar-refractivity contribution in [2.75, 3.05) is 13.2 Å². The molecule has 0 N–H and O–H groups in total. The molecule has 26 heavy (non-hydrogen) atoms. The number of unbranched alkanes of at least 4 members (excludes halogenated alkanes) is 1. The van der Waals surface area contributed by atoms with E-state index in [1.54, 1.807) is 24.4 Å². The Labute approximate surface area is 154 Å². The average molecular weight is 370 g/mol. The number of carbonyl (C=O) groups excluding carboxylic acids is 1. The summed E-state index contributed by atoms with van der Waals surface area (Å²) < 4.78 is 11.2. The highest BCUT2D eigenvalue weighted by atomic mass is 32.1. The number of hydrogen-bond acceptors (Lipinski definition) is 7. The van der Waals surface area contributed by atoms with Gasteiger partial charge in [0.25, 0.3) is 5.56 Å². The van der Waals surface area contributed by atoms with E-state index in [2.05, 4.69) is 9.97 Å². The maximum absolute atomic E-state index is 12.4. The van der Waals surface area contributed by atoms with E-state index in [0.29, 0.717) is 28.4 Å². The molecule has 0 amide bonds. The number of aromatic nitrogens is 2. The monoisotopic (exact) mass is 370 g/mol. The molecule has 1 aromatic carbocycles. The second kappa shape index (κ2) is 8.53. The zero-order valence-corrected chi connectivity index (χ0v) is 15.1. The van der Waals surface area contributed by atoms with E-state index >= 15 is 0 Å². The normalized spacial score (nSPS) is 10.7. The lowest BCUT2D eigenvalue weighted by atomic mass is 10.2. The van der Waals surface area contributed by atoms with Crippen molar-refractivity contribution in [1.29, 1.82) is 0 Å². The molecule has 0 bridgehead atoms. The van der Waals surface area contributed by atoms with Crippen LogP contribution >= 0.6 is 11.3 Å². The van der Waals surface area contributed by atoms with Crippen molar-refractivity contribution in [3.8, 4) is 16.5 Å². The molecule has 0 aliphatic heterocycles. The molecule has 0 saturated carbocycles. The van der Waals surface area contributed by atoms with E-state index < -0.39 is 5.97 Å². The smallest absolute Gasteiger partial charge is 0.344 e. The Balaban J connectivity index is 1.76. The molecule has 0 unspecified atom stereocenters. The molecule has 0 aliphatic rings. The molecule has 0 fully saturated rings. The number of fused-ring (bicyclic) bond motifs is 1. The van der Waals surface area contributed by atoms with Gasteiger partial charge in [-0.2, -0.15) is 4.98 Å². The lowest BCUT2D eigenvalue weighted by molar-refractivity contribution is -0.146. The second-order valence-corrected chi connectivity index (χ2v) is 6.59. The van der Waals surface area contributed by atoms with Crippen LogP contribution in [0.15, 0.2) is 47.4 Å². The first-order valence-electron chi connectivity index (χ1n) is 8.32. The Bertz CT molecular complexity index is 957. The Hall–Kier alpha value is -2.80. The van der Waals surface area contributed by atoms with Crippen LogP contribution < -0.4 is 10.3 Å². The first-order chi connectivity index (χ1) is 12.7. The van der Waals surface area contributed by atoms with Gasteiger partial charge in [0.2, 0.25) is 0 Å². The minimum Gasteiger partial charge on any atom is -0.482 e. The van der Waals surface area contributed by atoms with Crippen molar-refractivity contribution < 1.29 is 14.3 Å². The number of benzene rings is 1. The molecule has 3 aromatic rings. The van der Waals surface area contributed by atoms with Crippen molar-refractivity contribution in [1.82, 2.24) is 9.97 Å². The van der Waals surface area contributed by atoms with Gasteiger partial charge in [0.05, 0.1) is 17.7 Å². The summed E-state index contributed by atoms with van der Waals surface area (Å²) in [6.07, 6.45) is 3.45. The SMILES string of the molecule is CCCCOC(=O)COc1ccc2sc(-c3ccccn3)nc(=O)c2c1. The van der Waals surface area contributed by atoms with Gasteiger partial charge >= 0.3 is 5.97 Å². The maximum atomic E-state index is 12.4. The highest BCUT2D eigenvalue weighted by molar-refractivity contribution is 7.21. The van der Waals surface area contributed by atoms with Crippen molar-refractivity contribution >= 4 is 27.4 Å². The topological polar surface area (TPSA) is 78.4 Å². The highest BCUT2D eigenvalue weighted by Gasteiger charge is 2.10. The van der Waals surface area contributed by atoms with Gasteiger partial charge in [-0.05, 0) is 36.8 Å². The molecule has 0 aliphatic carbocycles. The summed E-state index contributed by atoms with van der Waals surface area (Å²) in [6.45, 7) is 2.23.